The van der Waals surface area contributed by atoms with Gasteiger partial charge in [0.25, 0.3) is 5.56 Å². The van der Waals surface area contributed by atoms with Crippen molar-refractivity contribution < 1.29 is 19.1 Å². The van der Waals surface area contributed by atoms with Crippen molar-refractivity contribution in [2.24, 2.45) is 0 Å². The van der Waals surface area contributed by atoms with Gasteiger partial charge in [0, 0.05) is 5.69 Å². The van der Waals surface area contributed by atoms with Crippen LogP contribution in [0.15, 0.2) is 59.7 Å². The second kappa shape index (κ2) is 9.46. The van der Waals surface area contributed by atoms with Crippen LogP contribution < -0.4 is 16.2 Å². The highest BCUT2D eigenvalue weighted by molar-refractivity contribution is 5.95. The van der Waals surface area contributed by atoms with Gasteiger partial charge in [0.15, 0.2) is 0 Å². The van der Waals surface area contributed by atoms with Gasteiger partial charge in [-0.3, -0.25) is 19.0 Å². The Balaban J connectivity index is 1.52. The van der Waals surface area contributed by atoms with Crippen molar-refractivity contribution in [3.8, 4) is 0 Å². The summed E-state index contributed by atoms with van der Waals surface area (Å²) in [6.07, 6.45) is 1.30. The summed E-state index contributed by atoms with van der Waals surface area (Å²) in [5.41, 5.74) is 1.06. The van der Waals surface area contributed by atoms with Crippen molar-refractivity contribution in [1.29, 1.82) is 0 Å². The lowest BCUT2D eigenvalue weighted by molar-refractivity contribution is -0.124. The molecule has 3 aromatic rings. The first kappa shape index (κ1) is 20.7. The normalized spacial score (nSPS) is 10.4. The Morgan fingerprint density at radius 2 is 1.77 bits per heavy atom. The number of aromatic nitrogens is 2. The van der Waals surface area contributed by atoms with E-state index in [0.29, 0.717) is 22.2 Å². The fourth-order valence-electron chi connectivity index (χ4n) is 2.72. The van der Waals surface area contributed by atoms with E-state index in [9.17, 15) is 19.2 Å². The number of anilines is 1. The maximum atomic E-state index is 12.4. The highest BCUT2D eigenvalue weighted by Gasteiger charge is 2.10. The van der Waals surface area contributed by atoms with Gasteiger partial charge < -0.3 is 15.4 Å². The lowest BCUT2D eigenvalue weighted by Crippen LogP contribution is -2.37. The highest BCUT2D eigenvalue weighted by Crippen LogP contribution is 2.10. The Bertz CT molecular complexity index is 1140. The van der Waals surface area contributed by atoms with E-state index in [-0.39, 0.29) is 25.3 Å². The van der Waals surface area contributed by atoms with Crippen LogP contribution in [0.25, 0.3) is 10.9 Å². The fourth-order valence-corrected chi connectivity index (χ4v) is 2.72. The molecule has 0 aliphatic rings. The maximum Gasteiger partial charge on any atom is 0.338 e. The number of esters is 1. The first-order valence-electron chi connectivity index (χ1n) is 9.26. The van der Waals surface area contributed by atoms with Gasteiger partial charge in [-0.15, -0.1) is 0 Å². The van der Waals surface area contributed by atoms with E-state index in [0.717, 1.165) is 0 Å². The van der Waals surface area contributed by atoms with Gasteiger partial charge in [-0.2, -0.15) is 0 Å². The third kappa shape index (κ3) is 5.07. The van der Waals surface area contributed by atoms with Gasteiger partial charge >= 0.3 is 5.97 Å². The van der Waals surface area contributed by atoms with Crippen molar-refractivity contribution in [1.82, 2.24) is 14.9 Å². The summed E-state index contributed by atoms with van der Waals surface area (Å²) >= 11 is 0. The number of ether oxygens (including phenoxy) is 1. The number of fused-ring (bicyclic) bond motifs is 1. The number of benzene rings is 2. The second-order valence-corrected chi connectivity index (χ2v) is 6.32. The number of carbonyl (C=O) groups excluding carboxylic acids is 3. The van der Waals surface area contributed by atoms with Crippen LogP contribution in [0.1, 0.15) is 17.3 Å². The van der Waals surface area contributed by atoms with Gasteiger partial charge in [0.2, 0.25) is 11.8 Å². The van der Waals surface area contributed by atoms with Crippen molar-refractivity contribution >= 4 is 34.4 Å². The lowest BCUT2D eigenvalue weighted by Gasteiger charge is -2.09. The minimum absolute atomic E-state index is 0.252. The van der Waals surface area contributed by atoms with Crippen LogP contribution in [0.2, 0.25) is 0 Å². The van der Waals surface area contributed by atoms with Gasteiger partial charge in [0.1, 0.15) is 6.54 Å². The zero-order valence-corrected chi connectivity index (χ0v) is 16.3. The molecule has 30 heavy (non-hydrogen) atoms. The molecular formula is C21H20N4O5. The van der Waals surface area contributed by atoms with Crippen molar-refractivity contribution in [2.75, 3.05) is 18.5 Å². The minimum Gasteiger partial charge on any atom is -0.462 e. The molecule has 0 fully saturated rings. The van der Waals surface area contributed by atoms with Crippen LogP contribution in [0.4, 0.5) is 5.69 Å². The minimum atomic E-state index is -0.498. The molecule has 0 aliphatic carbocycles. The Hall–Kier alpha value is -4.01. The number of rotatable bonds is 7. The van der Waals surface area contributed by atoms with E-state index in [2.05, 4.69) is 15.6 Å². The zero-order valence-electron chi connectivity index (χ0n) is 16.3. The van der Waals surface area contributed by atoms with Crippen LogP contribution in [0, 0.1) is 0 Å². The number of nitrogens with zero attached hydrogens (tertiary/aromatic N) is 2. The molecule has 9 heteroatoms. The molecule has 2 amide bonds. The molecule has 1 aromatic heterocycles. The quantitative estimate of drug-likeness (QED) is 0.569. The van der Waals surface area contributed by atoms with Gasteiger partial charge in [-0.25, -0.2) is 9.78 Å². The van der Waals surface area contributed by atoms with Crippen molar-refractivity contribution in [3.63, 3.8) is 0 Å². The smallest absolute Gasteiger partial charge is 0.338 e. The average molecular weight is 408 g/mol. The molecule has 0 atom stereocenters. The predicted molar refractivity (Wildman–Crippen MR) is 110 cm³/mol. The molecule has 0 saturated carbocycles. The van der Waals surface area contributed by atoms with Crippen LogP contribution in [-0.2, 0) is 20.9 Å². The zero-order chi connectivity index (χ0) is 21.5. The first-order valence-corrected chi connectivity index (χ1v) is 9.26. The highest BCUT2D eigenvalue weighted by atomic mass is 16.5. The number of carbonyl (C=O) groups is 3. The monoisotopic (exact) mass is 408 g/mol. The molecule has 2 aromatic carbocycles. The van der Waals surface area contributed by atoms with E-state index in [1.54, 1.807) is 43.3 Å². The number of hydrogen-bond acceptors (Lipinski definition) is 6. The standard InChI is InChI=1S/C21H20N4O5/c1-2-30-21(29)14-7-9-15(10-8-14)24-18(26)11-22-19(27)12-25-13-23-17-6-4-3-5-16(17)20(25)28/h3-10,13H,2,11-12H2,1H3,(H,22,27)(H,24,26). The molecule has 154 valence electrons. The largest absolute Gasteiger partial charge is 0.462 e. The van der Waals surface area contributed by atoms with E-state index in [4.69, 9.17) is 4.74 Å². The first-order chi connectivity index (χ1) is 14.5. The molecular weight excluding hydrogens is 388 g/mol. The lowest BCUT2D eigenvalue weighted by atomic mass is 10.2. The number of hydrogen-bond donors (Lipinski definition) is 2. The maximum absolute atomic E-state index is 12.4. The van der Waals surface area contributed by atoms with Crippen molar-refractivity contribution in [3.05, 3.63) is 70.8 Å². The van der Waals surface area contributed by atoms with E-state index >= 15 is 0 Å². The molecule has 0 radical (unpaired) electrons. The number of para-hydroxylation sites is 1. The summed E-state index contributed by atoms with van der Waals surface area (Å²) < 4.78 is 6.08. The molecule has 2 N–H and O–H groups in total. The fraction of sp³-hybridized carbons (Fsp3) is 0.190. The Morgan fingerprint density at radius 3 is 2.50 bits per heavy atom. The number of nitrogens with one attached hydrogen (secondary N) is 2. The van der Waals surface area contributed by atoms with Crippen LogP contribution in [0.5, 0.6) is 0 Å². The van der Waals surface area contributed by atoms with E-state index in [1.165, 1.54) is 23.0 Å². The topological polar surface area (TPSA) is 119 Å². The third-order valence-corrected chi connectivity index (χ3v) is 4.17. The average Bonchev–Trinajstić information content (AvgIpc) is 2.75. The predicted octanol–water partition coefficient (Wildman–Crippen LogP) is 1.33. The third-order valence-electron chi connectivity index (χ3n) is 4.17. The summed E-state index contributed by atoms with van der Waals surface area (Å²) in [7, 11) is 0. The Kier molecular flexibility index (Phi) is 6.53. The molecule has 0 saturated heterocycles. The molecule has 1 heterocycles. The molecule has 0 bridgehead atoms. The molecule has 0 aliphatic heterocycles. The Labute approximate surface area is 171 Å². The summed E-state index contributed by atoms with van der Waals surface area (Å²) in [5.74, 6) is -1.39. The van der Waals surface area contributed by atoms with Crippen LogP contribution in [0.3, 0.4) is 0 Å². The summed E-state index contributed by atoms with van der Waals surface area (Å²) in [5, 5.41) is 5.48. The van der Waals surface area contributed by atoms with Gasteiger partial charge in [-0.05, 0) is 43.3 Å². The SMILES string of the molecule is CCOC(=O)c1ccc(NC(=O)CNC(=O)Cn2cnc3ccccc3c2=O)cc1. The Morgan fingerprint density at radius 1 is 1.03 bits per heavy atom. The van der Waals surface area contributed by atoms with Crippen LogP contribution in [-0.4, -0.2) is 40.5 Å². The van der Waals surface area contributed by atoms with Gasteiger partial charge in [-0.1, -0.05) is 12.1 Å². The second-order valence-electron chi connectivity index (χ2n) is 6.32. The van der Waals surface area contributed by atoms with Crippen LogP contribution >= 0.6 is 0 Å². The summed E-state index contributed by atoms with van der Waals surface area (Å²) in [6, 6.07) is 13.0. The van der Waals surface area contributed by atoms with E-state index < -0.39 is 17.8 Å². The van der Waals surface area contributed by atoms with E-state index in [1.807, 2.05) is 0 Å². The molecule has 3 rings (SSSR count). The summed E-state index contributed by atoms with van der Waals surface area (Å²) in [6.45, 7) is 1.47. The molecule has 9 nitrogen and oxygen atoms in total. The summed E-state index contributed by atoms with van der Waals surface area (Å²) in [4.78, 5) is 52.3. The molecule has 0 unspecified atom stereocenters. The number of amides is 2. The van der Waals surface area contributed by atoms with Crippen molar-refractivity contribution in [2.45, 2.75) is 13.5 Å². The van der Waals surface area contributed by atoms with Gasteiger partial charge in [0.05, 0.1) is 35.9 Å². The molecule has 0 spiro atoms.